The van der Waals surface area contributed by atoms with Crippen LogP contribution in [0.2, 0.25) is 0 Å². The zero-order chi connectivity index (χ0) is 13.3. The van der Waals surface area contributed by atoms with Crippen LogP contribution in [0.1, 0.15) is 41.0 Å². The number of piperidine rings is 1. The van der Waals surface area contributed by atoms with E-state index in [-0.39, 0.29) is 11.5 Å². The van der Waals surface area contributed by atoms with E-state index in [2.05, 4.69) is 0 Å². The molecule has 0 atom stereocenters. The lowest BCUT2D eigenvalue weighted by atomic mass is 9.80. The SMILES string of the molecule is CC(C)(C)OC(=O)N1CCC(=C=O)C(C)(C)C1. The standard InChI is InChI=1S/C13H21NO3/c1-12(2,3)17-11(16)14-7-6-10(8-15)13(4,5)9-14/h6-7,9H2,1-5H3. The average Bonchev–Trinajstić information content (AvgIpc) is 2.13. The van der Waals surface area contributed by atoms with Gasteiger partial charge in [0.25, 0.3) is 0 Å². The summed E-state index contributed by atoms with van der Waals surface area (Å²) in [6, 6.07) is 0. The molecule has 0 unspecified atom stereocenters. The lowest BCUT2D eigenvalue weighted by Gasteiger charge is -2.38. The second-order valence-electron chi connectivity index (χ2n) is 6.12. The Morgan fingerprint density at radius 3 is 2.41 bits per heavy atom. The molecule has 1 rings (SSSR count). The largest absolute Gasteiger partial charge is 0.444 e. The van der Waals surface area contributed by atoms with Gasteiger partial charge in [-0.05, 0) is 27.2 Å². The molecule has 96 valence electrons. The Balaban J connectivity index is 2.72. The Hall–Kier alpha value is -1.28. The van der Waals surface area contributed by atoms with Crippen LogP contribution in [0.15, 0.2) is 5.57 Å². The van der Waals surface area contributed by atoms with Gasteiger partial charge in [-0.1, -0.05) is 13.8 Å². The summed E-state index contributed by atoms with van der Waals surface area (Å²) in [4.78, 5) is 24.3. The van der Waals surface area contributed by atoms with Gasteiger partial charge in [0.2, 0.25) is 0 Å². The van der Waals surface area contributed by atoms with Gasteiger partial charge >= 0.3 is 6.09 Å². The zero-order valence-electron chi connectivity index (χ0n) is 11.3. The molecule has 17 heavy (non-hydrogen) atoms. The van der Waals surface area contributed by atoms with Crippen LogP contribution in [0.5, 0.6) is 0 Å². The van der Waals surface area contributed by atoms with E-state index in [1.807, 2.05) is 40.6 Å². The van der Waals surface area contributed by atoms with Crippen LogP contribution >= 0.6 is 0 Å². The van der Waals surface area contributed by atoms with E-state index in [0.717, 1.165) is 5.57 Å². The van der Waals surface area contributed by atoms with Crippen LogP contribution in [0.25, 0.3) is 0 Å². The quantitative estimate of drug-likeness (QED) is 0.610. The summed E-state index contributed by atoms with van der Waals surface area (Å²) < 4.78 is 5.32. The highest BCUT2D eigenvalue weighted by molar-refractivity contribution is 5.69. The molecule has 0 aromatic rings. The van der Waals surface area contributed by atoms with Crippen molar-refractivity contribution in [3.8, 4) is 0 Å². The van der Waals surface area contributed by atoms with Crippen LogP contribution in [0.4, 0.5) is 4.79 Å². The fraction of sp³-hybridized carbons (Fsp3) is 0.769. The monoisotopic (exact) mass is 239 g/mol. The molecule has 0 radical (unpaired) electrons. The Morgan fingerprint density at radius 1 is 1.41 bits per heavy atom. The highest BCUT2D eigenvalue weighted by Crippen LogP contribution is 2.32. The summed E-state index contributed by atoms with van der Waals surface area (Å²) in [5, 5.41) is 0. The van der Waals surface area contributed by atoms with Gasteiger partial charge in [0.15, 0.2) is 0 Å². The third-order valence-electron chi connectivity index (χ3n) is 2.81. The molecule has 1 aliphatic rings. The Morgan fingerprint density at radius 2 is 2.00 bits per heavy atom. The molecule has 0 spiro atoms. The first-order chi connectivity index (χ1) is 7.65. The lowest BCUT2D eigenvalue weighted by Crippen LogP contribution is -2.46. The molecule has 4 heteroatoms. The molecule has 0 aromatic carbocycles. The van der Waals surface area contributed by atoms with Crippen molar-refractivity contribution in [1.29, 1.82) is 0 Å². The molecule has 0 aliphatic carbocycles. The van der Waals surface area contributed by atoms with E-state index in [0.29, 0.717) is 19.5 Å². The Labute approximate surface area is 103 Å². The maximum Gasteiger partial charge on any atom is 0.410 e. The summed E-state index contributed by atoms with van der Waals surface area (Å²) in [6.45, 7) is 10.5. The first-order valence-corrected chi connectivity index (χ1v) is 5.88. The van der Waals surface area contributed by atoms with Gasteiger partial charge in [-0.15, -0.1) is 0 Å². The number of ether oxygens (including phenoxy) is 1. The normalized spacial score (nSPS) is 19.8. The number of carbonyl (C=O) groups excluding carboxylic acids is 2. The molecule has 1 fully saturated rings. The van der Waals surface area contributed by atoms with Crippen molar-refractivity contribution in [3.05, 3.63) is 5.57 Å². The number of hydrogen-bond donors (Lipinski definition) is 0. The Bertz CT molecular complexity index is 359. The number of hydrogen-bond acceptors (Lipinski definition) is 3. The summed E-state index contributed by atoms with van der Waals surface area (Å²) in [5.41, 5.74) is -0.0452. The maximum absolute atomic E-state index is 11.9. The van der Waals surface area contributed by atoms with Crippen LogP contribution in [0.3, 0.4) is 0 Å². The molecule has 0 bridgehead atoms. The van der Waals surface area contributed by atoms with Crippen molar-refractivity contribution in [2.45, 2.75) is 46.6 Å². The molecular weight excluding hydrogens is 218 g/mol. The van der Waals surface area contributed by atoms with Crippen LogP contribution in [-0.2, 0) is 9.53 Å². The number of nitrogens with zero attached hydrogens (tertiary/aromatic N) is 1. The third-order valence-corrected chi connectivity index (χ3v) is 2.81. The molecule has 1 amide bonds. The number of carbonyl (C=O) groups is 1. The van der Waals surface area contributed by atoms with Crippen molar-refractivity contribution in [2.24, 2.45) is 5.41 Å². The van der Waals surface area contributed by atoms with Gasteiger partial charge in [0.05, 0.1) is 0 Å². The van der Waals surface area contributed by atoms with E-state index in [9.17, 15) is 9.59 Å². The van der Waals surface area contributed by atoms with E-state index < -0.39 is 5.60 Å². The van der Waals surface area contributed by atoms with Crippen LogP contribution < -0.4 is 0 Å². The fourth-order valence-electron chi connectivity index (χ4n) is 1.91. The second kappa shape index (κ2) is 4.53. The van der Waals surface area contributed by atoms with Crippen molar-refractivity contribution < 1.29 is 14.3 Å². The maximum atomic E-state index is 11.9. The van der Waals surface area contributed by atoms with Crippen LogP contribution in [-0.4, -0.2) is 35.6 Å². The first-order valence-electron chi connectivity index (χ1n) is 5.88. The third kappa shape index (κ3) is 3.60. The summed E-state index contributed by atoms with van der Waals surface area (Å²) in [5.74, 6) is 1.99. The topological polar surface area (TPSA) is 46.6 Å². The molecule has 0 aromatic heterocycles. The molecule has 1 aliphatic heterocycles. The summed E-state index contributed by atoms with van der Waals surface area (Å²) in [6.07, 6.45) is 0.269. The molecule has 1 saturated heterocycles. The second-order valence-corrected chi connectivity index (χ2v) is 6.12. The van der Waals surface area contributed by atoms with Gasteiger partial charge in [0, 0.05) is 24.1 Å². The Kier molecular flexibility index (Phi) is 3.68. The van der Waals surface area contributed by atoms with Crippen LogP contribution in [0, 0.1) is 5.41 Å². The lowest BCUT2D eigenvalue weighted by molar-refractivity contribution is 0.0158. The van der Waals surface area contributed by atoms with Crippen molar-refractivity contribution in [3.63, 3.8) is 0 Å². The first kappa shape index (κ1) is 13.8. The molecule has 0 N–H and O–H groups in total. The van der Waals surface area contributed by atoms with E-state index in [4.69, 9.17) is 4.74 Å². The van der Waals surface area contributed by atoms with E-state index in [1.54, 1.807) is 4.90 Å². The van der Waals surface area contributed by atoms with Crippen molar-refractivity contribution in [1.82, 2.24) is 4.90 Å². The molecule has 4 nitrogen and oxygen atoms in total. The minimum absolute atomic E-state index is 0.309. The molecule has 1 heterocycles. The number of rotatable bonds is 0. The van der Waals surface area contributed by atoms with Gasteiger partial charge in [-0.3, -0.25) is 0 Å². The average molecular weight is 239 g/mol. The number of amides is 1. The van der Waals surface area contributed by atoms with Gasteiger partial charge in [-0.2, -0.15) is 0 Å². The predicted molar refractivity (Wildman–Crippen MR) is 65.4 cm³/mol. The highest BCUT2D eigenvalue weighted by Gasteiger charge is 2.35. The zero-order valence-corrected chi connectivity index (χ0v) is 11.3. The van der Waals surface area contributed by atoms with E-state index in [1.165, 1.54) is 0 Å². The summed E-state index contributed by atoms with van der Waals surface area (Å²) in [7, 11) is 0. The van der Waals surface area contributed by atoms with Crippen molar-refractivity contribution >= 4 is 12.0 Å². The highest BCUT2D eigenvalue weighted by atomic mass is 16.6. The van der Waals surface area contributed by atoms with Gasteiger partial charge in [-0.25, -0.2) is 9.59 Å². The summed E-state index contributed by atoms with van der Waals surface area (Å²) >= 11 is 0. The van der Waals surface area contributed by atoms with Gasteiger partial charge in [0.1, 0.15) is 11.5 Å². The predicted octanol–water partition coefficient (Wildman–Crippen LogP) is 2.41. The van der Waals surface area contributed by atoms with Crippen molar-refractivity contribution in [2.75, 3.05) is 13.1 Å². The smallest absolute Gasteiger partial charge is 0.410 e. The van der Waals surface area contributed by atoms with E-state index >= 15 is 0 Å². The molecule has 0 saturated carbocycles. The minimum Gasteiger partial charge on any atom is -0.444 e. The minimum atomic E-state index is -0.484. The number of likely N-dealkylation sites (tertiary alicyclic amines) is 1. The molecular formula is C13H21NO3. The fourth-order valence-corrected chi connectivity index (χ4v) is 1.91. The van der Waals surface area contributed by atoms with Gasteiger partial charge < -0.3 is 9.64 Å².